The summed E-state index contributed by atoms with van der Waals surface area (Å²) in [4.78, 5) is 0. The van der Waals surface area contributed by atoms with Crippen LogP contribution in [0, 0.1) is 0 Å². The van der Waals surface area contributed by atoms with E-state index in [0.717, 1.165) is 35.6 Å². The third-order valence-electron chi connectivity index (χ3n) is 5.80. The highest BCUT2D eigenvalue weighted by Gasteiger charge is 2.56. The first-order valence-corrected chi connectivity index (χ1v) is 10.9. The van der Waals surface area contributed by atoms with E-state index in [2.05, 4.69) is 49.4 Å². The van der Waals surface area contributed by atoms with E-state index in [1.54, 1.807) is 21.3 Å². The zero-order valence-corrected chi connectivity index (χ0v) is 18.8. The van der Waals surface area contributed by atoms with Crippen LogP contribution in [0.15, 0.2) is 42.5 Å². The molecule has 2 aromatic carbocycles. The molecular formula is C25H38O4. The smallest absolute Gasteiger partial charge is 0.317 e. The summed E-state index contributed by atoms with van der Waals surface area (Å²) in [6.07, 6.45) is 7.94. The van der Waals surface area contributed by atoms with Gasteiger partial charge in [0.25, 0.3) is 0 Å². The van der Waals surface area contributed by atoms with Crippen LogP contribution in [0.3, 0.4) is 0 Å². The molecule has 0 aliphatic carbocycles. The molecule has 4 nitrogen and oxygen atoms in total. The molecule has 0 spiro atoms. The van der Waals surface area contributed by atoms with Crippen LogP contribution in [0.5, 0.6) is 0 Å². The minimum Gasteiger partial charge on any atom is -0.362 e. The van der Waals surface area contributed by atoms with Crippen molar-refractivity contribution in [3.05, 3.63) is 48.0 Å². The molecule has 2 rings (SSSR count). The molecule has 1 unspecified atom stereocenters. The first-order chi connectivity index (χ1) is 14.1. The average Bonchev–Trinajstić information content (AvgIpc) is 2.77. The lowest BCUT2D eigenvalue weighted by Crippen LogP contribution is -2.57. The number of ether oxygens (including phenoxy) is 4. The van der Waals surface area contributed by atoms with E-state index in [-0.39, 0.29) is 0 Å². The van der Waals surface area contributed by atoms with Crippen LogP contribution in [0.25, 0.3) is 10.8 Å². The van der Waals surface area contributed by atoms with E-state index < -0.39 is 11.6 Å². The molecular weight excluding hydrogens is 364 g/mol. The van der Waals surface area contributed by atoms with Crippen molar-refractivity contribution in [3.8, 4) is 0 Å². The molecule has 4 heteroatoms. The highest BCUT2D eigenvalue weighted by Crippen LogP contribution is 2.47. The number of rotatable bonds is 14. The number of methoxy groups -OCH3 is 3. The molecule has 0 aliphatic rings. The lowest BCUT2D eigenvalue weighted by Gasteiger charge is -2.47. The third kappa shape index (κ3) is 5.00. The predicted molar refractivity (Wildman–Crippen MR) is 119 cm³/mol. The Morgan fingerprint density at radius 3 is 2.00 bits per heavy atom. The van der Waals surface area contributed by atoms with Gasteiger partial charge in [-0.25, -0.2) is 0 Å². The largest absolute Gasteiger partial charge is 0.362 e. The fourth-order valence-corrected chi connectivity index (χ4v) is 4.41. The Hall–Kier alpha value is -1.46. The summed E-state index contributed by atoms with van der Waals surface area (Å²) in [5.41, 5.74) is 0.155. The number of hydrogen-bond acceptors (Lipinski definition) is 4. The summed E-state index contributed by atoms with van der Waals surface area (Å²) >= 11 is 0. The van der Waals surface area contributed by atoms with Crippen LogP contribution >= 0.6 is 0 Å². The molecule has 0 saturated heterocycles. The van der Waals surface area contributed by atoms with Gasteiger partial charge in [0, 0.05) is 27.9 Å². The zero-order chi connectivity index (χ0) is 21.2. The Kier molecular flexibility index (Phi) is 9.57. The minimum atomic E-state index is -1.34. The summed E-state index contributed by atoms with van der Waals surface area (Å²) in [7, 11) is 4.85. The molecule has 0 N–H and O–H groups in total. The second-order valence-electron chi connectivity index (χ2n) is 7.47. The number of unbranched alkanes of at least 4 members (excludes halogenated alkanes) is 5. The lowest BCUT2D eigenvalue weighted by molar-refractivity contribution is -0.432. The molecule has 0 saturated carbocycles. The number of benzene rings is 2. The van der Waals surface area contributed by atoms with Crippen LogP contribution in [-0.2, 0) is 24.5 Å². The van der Waals surface area contributed by atoms with E-state index in [4.69, 9.17) is 18.9 Å². The molecule has 0 radical (unpaired) electrons. The Bertz CT molecular complexity index is 712. The van der Waals surface area contributed by atoms with Gasteiger partial charge in [-0.1, -0.05) is 81.5 Å². The van der Waals surface area contributed by atoms with Crippen molar-refractivity contribution in [1.82, 2.24) is 0 Å². The van der Waals surface area contributed by atoms with Crippen molar-refractivity contribution in [2.24, 2.45) is 0 Å². The van der Waals surface area contributed by atoms with Gasteiger partial charge in [-0.15, -0.1) is 0 Å². The van der Waals surface area contributed by atoms with Gasteiger partial charge in [0.2, 0.25) is 0 Å². The summed E-state index contributed by atoms with van der Waals surface area (Å²) in [6, 6.07) is 14.7. The van der Waals surface area contributed by atoms with Crippen molar-refractivity contribution < 1.29 is 18.9 Å². The van der Waals surface area contributed by atoms with Gasteiger partial charge in [-0.2, -0.15) is 0 Å². The third-order valence-corrected chi connectivity index (χ3v) is 5.80. The Morgan fingerprint density at radius 1 is 0.724 bits per heavy atom. The highest BCUT2D eigenvalue weighted by atomic mass is 16.9. The maximum absolute atomic E-state index is 6.51. The van der Waals surface area contributed by atoms with Gasteiger partial charge in [-0.3, -0.25) is 0 Å². The molecule has 0 heterocycles. The van der Waals surface area contributed by atoms with Crippen molar-refractivity contribution in [3.63, 3.8) is 0 Å². The molecule has 0 amide bonds. The molecule has 29 heavy (non-hydrogen) atoms. The van der Waals surface area contributed by atoms with E-state index in [1.807, 2.05) is 6.92 Å². The molecule has 2 aromatic rings. The normalized spacial score (nSPS) is 14.2. The topological polar surface area (TPSA) is 36.9 Å². The van der Waals surface area contributed by atoms with E-state index in [1.165, 1.54) is 25.7 Å². The highest BCUT2D eigenvalue weighted by molar-refractivity contribution is 5.86. The summed E-state index contributed by atoms with van der Waals surface area (Å²) in [5.74, 6) is -1.34. The maximum atomic E-state index is 6.51. The fourth-order valence-electron chi connectivity index (χ4n) is 4.41. The first kappa shape index (κ1) is 23.8. The summed E-state index contributed by atoms with van der Waals surface area (Å²) < 4.78 is 24.2. The number of fused-ring (bicyclic) bond motifs is 1. The van der Waals surface area contributed by atoms with Crippen LogP contribution in [-0.4, -0.2) is 33.9 Å². The fraction of sp³-hybridized carbons (Fsp3) is 0.600. The molecule has 0 bridgehead atoms. The van der Waals surface area contributed by atoms with Crippen molar-refractivity contribution in [1.29, 1.82) is 0 Å². The average molecular weight is 403 g/mol. The molecule has 0 aliphatic heterocycles. The molecule has 1 atom stereocenters. The summed E-state index contributed by atoms with van der Waals surface area (Å²) in [5, 5.41) is 2.29. The second-order valence-corrected chi connectivity index (χ2v) is 7.47. The van der Waals surface area contributed by atoms with Gasteiger partial charge in [0.05, 0.1) is 0 Å². The zero-order valence-electron chi connectivity index (χ0n) is 18.8. The van der Waals surface area contributed by atoms with Crippen LogP contribution in [0.2, 0.25) is 0 Å². The van der Waals surface area contributed by atoms with Crippen molar-refractivity contribution >= 4 is 10.8 Å². The predicted octanol–water partition coefficient (Wildman–Crippen LogP) is 6.42. The van der Waals surface area contributed by atoms with E-state index >= 15 is 0 Å². The number of hydrogen-bond donors (Lipinski definition) is 0. The summed E-state index contributed by atoms with van der Waals surface area (Å²) in [6.45, 7) is 4.77. The Morgan fingerprint density at radius 2 is 1.34 bits per heavy atom. The molecule has 0 aromatic heterocycles. The minimum absolute atomic E-state index is 0.525. The second kappa shape index (κ2) is 11.7. The first-order valence-electron chi connectivity index (χ1n) is 10.9. The monoisotopic (exact) mass is 402 g/mol. The van der Waals surface area contributed by atoms with Crippen LogP contribution in [0.1, 0.15) is 64.4 Å². The lowest BCUT2D eigenvalue weighted by atomic mass is 9.82. The van der Waals surface area contributed by atoms with Crippen molar-refractivity contribution in [2.45, 2.75) is 70.4 Å². The van der Waals surface area contributed by atoms with Crippen LogP contribution in [0.4, 0.5) is 0 Å². The van der Waals surface area contributed by atoms with Crippen LogP contribution < -0.4 is 0 Å². The maximum Gasteiger partial charge on any atom is 0.317 e. The quantitative estimate of drug-likeness (QED) is 0.270. The van der Waals surface area contributed by atoms with Gasteiger partial charge < -0.3 is 18.9 Å². The Labute approximate surface area is 176 Å². The van der Waals surface area contributed by atoms with E-state index in [0.29, 0.717) is 6.61 Å². The van der Waals surface area contributed by atoms with Gasteiger partial charge in [-0.05, 0) is 36.1 Å². The Balaban J connectivity index is 2.53. The standard InChI is InChI=1S/C25H38O4/c1-6-8-9-10-11-14-20-24(29-7-2,25(26-3,27-4)28-5)23-19-15-17-21-16-12-13-18-22(21)23/h12-13,15-19H,6-11,14,20H2,1-5H3. The van der Waals surface area contributed by atoms with Gasteiger partial charge >= 0.3 is 5.97 Å². The van der Waals surface area contributed by atoms with Gasteiger partial charge in [0.1, 0.15) is 0 Å². The van der Waals surface area contributed by atoms with E-state index in [9.17, 15) is 0 Å². The SMILES string of the molecule is CCCCCCCCC(OCC)(c1cccc2ccccc12)C(OC)(OC)OC. The van der Waals surface area contributed by atoms with Crippen molar-refractivity contribution in [2.75, 3.05) is 27.9 Å². The van der Waals surface area contributed by atoms with Gasteiger partial charge in [0.15, 0.2) is 5.60 Å². The molecule has 162 valence electrons. The molecule has 0 fully saturated rings.